The number of benzene rings is 4. The Balaban J connectivity index is 1.38. The minimum atomic E-state index is -0.141. The molecule has 0 radical (unpaired) electrons. The zero-order chi connectivity index (χ0) is 23.2. The van der Waals surface area contributed by atoms with Crippen LogP contribution in [0.25, 0.3) is 0 Å². The standard InChI is InChI=1S/C25H20N4O4/c30-20-9-11-22(24(32)14-20)28-26-18-5-1-16(2-6-18)13-17-3-7-19(8-4-17)27-29-23-12-10-21(31)15-25(23)33/h1-12,14-15,30-33H,13H2/b28-26+,29-27+. The van der Waals surface area contributed by atoms with Crippen molar-refractivity contribution in [2.45, 2.75) is 6.42 Å². The van der Waals surface area contributed by atoms with E-state index < -0.39 is 0 Å². The third kappa shape index (κ3) is 5.71. The molecule has 0 aliphatic rings. The first kappa shape index (κ1) is 21.5. The van der Waals surface area contributed by atoms with Gasteiger partial charge in [0.05, 0.1) is 11.4 Å². The van der Waals surface area contributed by atoms with E-state index in [0.717, 1.165) is 11.1 Å². The predicted molar refractivity (Wildman–Crippen MR) is 124 cm³/mol. The molecule has 0 amide bonds. The SMILES string of the molecule is Oc1ccc(/N=N/c2ccc(Cc3ccc(/N=N/c4ccc(O)cc4O)cc3)cc2)c(O)c1. The fourth-order valence-electron chi connectivity index (χ4n) is 3.01. The molecule has 4 rings (SSSR count). The summed E-state index contributed by atoms with van der Waals surface area (Å²) in [4.78, 5) is 0. The number of aromatic hydroxyl groups is 4. The van der Waals surface area contributed by atoms with Crippen LogP contribution in [0.3, 0.4) is 0 Å². The number of rotatable bonds is 6. The summed E-state index contributed by atoms with van der Waals surface area (Å²) in [5.74, 6) is -0.358. The highest BCUT2D eigenvalue weighted by Gasteiger charge is 2.03. The molecule has 0 saturated carbocycles. The first-order valence-corrected chi connectivity index (χ1v) is 10.0. The van der Waals surface area contributed by atoms with Crippen LogP contribution in [0.2, 0.25) is 0 Å². The van der Waals surface area contributed by atoms with Crippen LogP contribution >= 0.6 is 0 Å². The Kier molecular flexibility index (Phi) is 6.26. The Morgan fingerprint density at radius 3 is 1.21 bits per heavy atom. The molecule has 8 heteroatoms. The van der Waals surface area contributed by atoms with Gasteiger partial charge in [0, 0.05) is 12.1 Å². The summed E-state index contributed by atoms with van der Waals surface area (Å²) in [7, 11) is 0. The van der Waals surface area contributed by atoms with Crippen LogP contribution in [0.1, 0.15) is 11.1 Å². The van der Waals surface area contributed by atoms with Gasteiger partial charge in [0.2, 0.25) is 0 Å². The number of azo groups is 2. The van der Waals surface area contributed by atoms with E-state index in [1.807, 2.05) is 48.5 Å². The Hall–Kier alpha value is -4.72. The van der Waals surface area contributed by atoms with Gasteiger partial charge >= 0.3 is 0 Å². The lowest BCUT2D eigenvalue weighted by molar-refractivity contribution is 0.450. The maximum Gasteiger partial charge on any atom is 0.146 e. The Morgan fingerprint density at radius 1 is 0.455 bits per heavy atom. The van der Waals surface area contributed by atoms with E-state index in [1.54, 1.807) is 0 Å². The van der Waals surface area contributed by atoms with E-state index in [1.165, 1.54) is 36.4 Å². The molecule has 8 nitrogen and oxygen atoms in total. The van der Waals surface area contributed by atoms with Crippen LogP contribution < -0.4 is 0 Å². The van der Waals surface area contributed by atoms with Gasteiger partial charge in [0.25, 0.3) is 0 Å². The van der Waals surface area contributed by atoms with Gasteiger partial charge in [0.15, 0.2) is 0 Å². The quantitative estimate of drug-likeness (QED) is 0.242. The highest BCUT2D eigenvalue weighted by atomic mass is 16.3. The van der Waals surface area contributed by atoms with Crippen molar-refractivity contribution in [1.82, 2.24) is 0 Å². The molecule has 33 heavy (non-hydrogen) atoms. The summed E-state index contributed by atoms with van der Waals surface area (Å²) in [5, 5.41) is 54.4. The molecule has 4 aromatic rings. The van der Waals surface area contributed by atoms with Crippen molar-refractivity contribution in [3.05, 3.63) is 96.1 Å². The summed E-state index contributed by atoms with van der Waals surface area (Å²) < 4.78 is 0. The second-order valence-corrected chi connectivity index (χ2v) is 7.26. The van der Waals surface area contributed by atoms with Crippen LogP contribution in [0.15, 0.2) is 105 Å². The van der Waals surface area contributed by atoms with Crippen molar-refractivity contribution in [2.75, 3.05) is 0 Å². The van der Waals surface area contributed by atoms with Crippen LogP contribution in [0, 0.1) is 0 Å². The molecular formula is C25H20N4O4. The summed E-state index contributed by atoms with van der Waals surface area (Å²) in [6, 6.07) is 23.4. The van der Waals surface area contributed by atoms with Gasteiger partial charge in [-0.25, -0.2) is 0 Å². The van der Waals surface area contributed by atoms with Gasteiger partial charge in [-0.15, -0.1) is 10.2 Å². The molecule has 0 bridgehead atoms. The molecule has 4 N–H and O–H groups in total. The predicted octanol–water partition coefficient (Wildman–Crippen LogP) is 6.93. The number of nitrogens with zero attached hydrogens (tertiary/aromatic N) is 4. The van der Waals surface area contributed by atoms with Crippen LogP contribution in [0.5, 0.6) is 23.0 Å². The number of phenolic OH excluding ortho intramolecular Hbond substituents is 4. The van der Waals surface area contributed by atoms with Crippen LogP contribution in [0.4, 0.5) is 22.7 Å². The van der Waals surface area contributed by atoms with Crippen molar-refractivity contribution in [2.24, 2.45) is 20.5 Å². The van der Waals surface area contributed by atoms with E-state index in [4.69, 9.17) is 0 Å². The highest BCUT2D eigenvalue weighted by molar-refractivity contribution is 5.55. The number of hydrogen-bond donors (Lipinski definition) is 4. The van der Waals surface area contributed by atoms with Gasteiger partial charge in [-0.3, -0.25) is 0 Å². The second kappa shape index (κ2) is 9.61. The maximum absolute atomic E-state index is 9.76. The topological polar surface area (TPSA) is 130 Å². The Morgan fingerprint density at radius 2 is 0.848 bits per heavy atom. The minimum Gasteiger partial charge on any atom is -0.508 e. The molecule has 0 spiro atoms. The van der Waals surface area contributed by atoms with Gasteiger partial charge < -0.3 is 20.4 Å². The molecule has 4 aromatic carbocycles. The number of phenols is 4. The van der Waals surface area contributed by atoms with Gasteiger partial charge in [0.1, 0.15) is 34.4 Å². The molecule has 0 heterocycles. The van der Waals surface area contributed by atoms with Crippen LogP contribution in [-0.2, 0) is 6.42 Å². The first-order chi connectivity index (χ1) is 16.0. The average molecular weight is 440 g/mol. The van der Waals surface area contributed by atoms with Gasteiger partial charge in [-0.1, -0.05) is 24.3 Å². The fourth-order valence-corrected chi connectivity index (χ4v) is 3.01. The van der Waals surface area contributed by atoms with E-state index in [9.17, 15) is 20.4 Å². The van der Waals surface area contributed by atoms with E-state index in [2.05, 4.69) is 20.5 Å². The molecular weight excluding hydrogens is 420 g/mol. The smallest absolute Gasteiger partial charge is 0.146 e. The van der Waals surface area contributed by atoms with E-state index >= 15 is 0 Å². The molecule has 164 valence electrons. The third-order valence-corrected chi connectivity index (χ3v) is 4.75. The lowest BCUT2D eigenvalue weighted by Crippen LogP contribution is -1.86. The summed E-state index contributed by atoms with van der Waals surface area (Å²) >= 11 is 0. The monoisotopic (exact) mass is 440 g/mol. The molecule has 0 aliphatic heterocycles. The largest absolute Gasteiger partial charge is 0.508 e. The zero-order valence-electron chi connectivity index (χ0n) is 17.4. The summed E-state index contributed by atoms with van der Waals surface area (Å²) in [6.07, 6.45) is 0.715. The Labute approximate surface area is 189 Å². The van der Waals surface area contributed by atoms with Gasteiger partial charge in [-0.05, 0) is 66.1 Å². The average Bonchev–Trinajstić information content (AvgIpc) is 2.80. The molecule has 0 aliphatic carbocycles. The summed E-state index contributed by atoms with van der Waals surface area (Å²) in [6.45, 7) is 0. The number of hydrogen-bond acceptors (Lipinski definition) is 8. The van der Waals surface area contributed by atoms with E-state index in [-0.39, 0.29) is 34.4 Å². The zero-order valence-corrected chi connectivity index (χ0v) is 17.4. The van der Waals surface area contributed by atoms with Gasteiger partial charge in [-0.2, -0.15) is 10.2 Å². The Bertz CT molecular complexity index is 1210. The maximum atomic E-state index is 9.76. The molecule has 0 unspecified atom stereocenters. The normalized spacial score (nSPS) is 11.4. The van der Waals surface area contributed by atoms with Crippen molar-refractivity contribution < 1.29 is 20.4 Å². The first-order valence-electron chi connectivity index (χ1n) is 10.0. The van der Waals surface area contributed by atoms with Crippen LogP contribution in [-0.4, -0.2) is 20.4 Å². The second-order valence-electron chi connectivity index (χ2n) is 7.26. The van der Waals surface area contributed by atoms with Crippen molar-refractivity contribution in [1.29, 1.82) is 0 Å². The van der Waals surface area contributed by atoms with Crippen molar-refractivity contribution in [3.63, 3.8) is 0 Å². The van der Waals surface area contributed by atoms with Crippen molar-refractivity contribution >= 4 is 22.7 Å². The fraction of sp³-hybridized carbons (Fsp3) is 0.0400. The van der Waals surface area contributed by atoms with E-state index in [0.29, 0.717) is 17.8 Å². The lowest BCUT2D eigenvalue weighted by Gasteiger charge is -2.03. The van der Waals surface area contributed by atoms with Crippen molar-refractivity contribution in [3.8, 4) is 23.0 Å². The molecule has 0 fully saturated rings. The molecule has 0 aromatic heterocycles. The highest BCUT2D eigenvalue weighted by Crippen LogP contribution is 2.32. The lowest BCUT2D eigenvalue weighted by atomic mass is 10.0. The third-order valence-electron chi connectivity index (χ3n) is 4.75. The molecule has 0 saturated heterocycles. The summed E-state index contributed by atoms with van der Waals surface area (Å²) in [5.41, 5.74) is 4.00. The minimum absolute atomic E-state index is 0.0384. The molecule has 0 atom stereocenters.